The number of primary amides is 1. The molecule has 1 rings (SSSR count). The number of carbonyl (C=O) groups is 1. The SMILES string of the molecule is CCNC(=NCC(C)(C)C(N)=O)NCC1(CCOC)CCCC1. The van der Waals surface area contributed by atoms with Gasteiger partial charge < -0.3 is 21.1 Å². The molecular weight excluding hydrogens is 292 g/mol. The third kappa shape index (κ3) is 6.37. The fourth-order valence-corrected chi connectivity index (χ4v) is 2.93. The monoisotopic (exact) mass is 326 g/mol. The molecule has 1 fully saturated rings. The van der Waals surface area contributed by atoms with Gasteiger partial charge in [0.15, 0.2) is 5.96 Å². The van der Waals surface area contributed by atoms with E-state index in [0.29, 0.717) is 12.0 Å². The standard InChI is InChI=1S/C17H34N4O2/c1-5-19-15(20-12-16(2,3)14(18)22)21-13-17(10-11-23-4)8-6-7-9-17/h5-13H2,1-4H3,(H2,18,22)(H2,19,20,21). The molecule has 0 radical (unpaired) electrons. The molecule has 0 aromatic carbocycles. The molecule has 0 unspecified atom stereocenters. The summed E-state index contributed by atoms with van der Waals surface area (Å²) < 4.78 is 5.28. The molecule has 0 bridgehead atoms. The molecule has 6 nitrogen and oxygen atoms in total. The van der Waals surface area contributed by atoms with Crippen LogP contribution in [0.25, 0.3) is 0 Å². The van der Waals surface area contributed by atoms with E-state index < -0.39 is 5.41 Å². The van der Waals surface area contributed by atoms with Crippen LogP contribution < -0.4 is 16.4 Å². The van der Waals surface area contributed by atoms with Gasteiger partial charge in [-0.05, 0) is 45.4 Å². The van der Waals surface area contributed by atoms with Crippen molar-refractivity contribution in [2.24, 2.45) is 21.6 Å². The van der Waals surface area contributed by atoms with Crippen molar-refractivity contribution in [3.8, 4) is 0 Å². The number of hydrogen-bond donors (Lipinski definition) is 3. The Morgan fingerprint density at radius 1 is 1.30 bits per heavy atom. The highest BCUT2D eigenvalue weighted by molar-refractivity contribution is 5.82. The summed E-state index contributed by atoms with van der Waals surface area (Å²) in [5.74, 6) is 0.426. The Balaban J connectivity index is 2.65. The molecule has 0 aromatic heterocycles. The number of methoxy groups -OCH3 is 1. The van der Waals surface area contributed by atoms with Crippen molar-refractivity contribution in [3.63, 3.8) is 0 Å². The number of aliphatic imine (C=N–C) groups is 1. The molecule has 1 amide bonds. The highest BCUT2D eigenvalue weighted by Gasteiger charge is 2.33. The van der Waals surface area contributed by atoms with E-state index in [9.17, 15) is 4.79 Å². The summed E-state index contributed by atoms with van der Waals surface area (Å²) in [5.41, 5.74) is 5.08. The normalized spacial score (nSPS) is 18.0. The van der Waals surface area contributed by atoms with Crippen LogP contribution in [0, 0.1) is 10.8 Å². The summed E-state index contributed by atoms with van der Waals surface area (Å²) in [6.07, 6.45) is 6.11. The van der Waals surface area contributed by atoms with E-state index in [1.54, 1.807) is 7.11 Å². The average Bonchev–Trinajstić information content (AvgIpc) is 2.97. The van der Waals surface area contributed by atoms with Gasteiger partial charge in [-0.15, -0.1) is 0 Å². The minimum atomic E-state index is -0.635. The molecule has 0 atom stereocenters. The first kappa shape index (κ1) is 19.7. The topological polar surface area (TPSA) is 88.7 Å². The van der Waals surface area contributed by atoms with Crippen molar-refractivity contribution >= 4 is 11.9 Å². The number of carbonyl (C=O) groups excluding carboxylic acids is 1. The summed E-state index contributed by atoms with van der Waals surface area (Å²) in [5, 5.41) is 6.70. The van der Waals surface area contributed by atoms with Gasteiger partial charge >= 0.3 is 0 Å². The lowest BCUT2D eigenvalue weighted by Crippen LogP contribution is -2.44. The summed E-state index contributed by atoms with van der Waals surface area (Å²) in [4.78, 5) is 16.0. The van der Waals surface area contributed by atoms with Gasteiger partial charge in [-0.2, -0.15) is 0 Å². The zero-order chi connectivity index (χ0) is 17.3. The fourth-order valence-electron chi connectivity index (χ4n) is 2.93. The number of amides is 1. The molecular formula is C17H34N4O2. The Labute approximate surface area is 140 Å². The van der Waals surface area contributed by atoms with E-state index in [-0.39, 0.29) is 5.91 Å². The number of ether oxygens (including phenoxy) is 1. The molecule has 0 saturated heterocycles. The number of guanidine groups is 1. The average molecular weight is 326 g/mol. The first-order valence-electron chi connectivity index (χ1n) is 8.66. The van der Waals surface area contributed by atoms with Gasteiger partial charge in [0.05, 0.1) is 12.0 Å². The summed E-state index contributed by atoms with van der Waals surface area (Å²) >= 11 is 0. The van der Waals surface area contributed by atoms with Crippen molar-refractivity contribution in [3.05, 3.63) is 0 Å². The lowest BCUT2D eigenvalue weighted by molar-refractivity contribution is -0.125. The van der Waals surface area contributed by atoms with E-state index in [2.05, 4.69) is 15.6 Å². The zero-order valence-electron chi connectivity index (χ0n) is 15.2. The maximum atomic E-state index is 11.4. The molecule has 0 heterocycles. The molecule has 134 valence electrons. The van der Waals surface area contributed by atoms with Gasteiger partial charge in [0, 0.05) is 26.8 Å². The maximum absolute atomic E-state index is 11.4. The Hall–Kier alpha value is -1.30. The molecule has 1 aliphatic rings. The van der Waals surface area contributed by atoms with Crippen LogP contribution in [0.5, 0.6) is 0 Å². The predicted molar refractivity (Wildman–Crippen MR) is 94.4 cm³/mol. The van der Waals surface area contributed by atoms with Crippen LogP contribution in [0.15, 0.2) is 4.99 Å². The number of rotatable bonds is 9. The van der Waals surface area contributed by atoms with Gasteiger partial charge in [0.2, 0.25) is 5.91 Å². The second-order valence-corrected chi connectivity index (χ2v) is 7.25. The molecule has 1 saturated carbocycles. The van der Waals surface area contributed by atoms with E-state index in [1.165, 1.54) is 25.7 Å². The van der Waals surface area contributed by atoms with Crippen LogP contribution in [0.2, 0.25) is 0 Å². The second kappa shape index (κ2) is 9.11. The largest absolute Gasteiger partial charge is 0.385 e. The molecule has 0 spiro atoms. The minimum absolute atomic E-state index is 0.297. The maximum Gasteiger partial charge on any atom is 0.224 e. The van der Waals surface area contributed by atoms with Gasteiger partial charge in [0.1, 0.15) is 0 Å². The second-order valence-electron chi connectivity index (χ2n) is 7.25. The predicted octanol–water partition coefficient (Wildman–Crippen LogP) is 1.65. The summed E-state index contributed by atoms with van der Waals surface area (Å²) in [6, 6.07) is 0. The first-order chi connectivity index (χ1) is 10.9. The highest BCUT2D eigenvalue weighted by Crippen LogP contribution is 2.40. The van der Waals surface area contributed by atoms with Crippen LogP contribution in [0.1, 0.15) is 52.9 Å². The van der Waals surface area contributed by atoms with Gasteiger partial charge in [-0.1, -0.05) is 12.8 Å². The van der Waals surface area contributed by atoms with E-state index in [4.69, 9.17) is 10.5 Å². The van der Waals surface area contributed by atoms with Crippen LogP contribution in [0.4, 0.5) is 0 Å². The van der Waals surface area contributed by atoms with Crippen molar-refractivity contribution in [2.45, 2.75) is 52.9 Å². The van der Waals surface area contributed by atoms with Crippen molar-refractivity contribution in [1.82, 2.24) is 10.6 Å². The summed E-state index contributed by atoms with van der Waals surface area (Å²) in [7, 11) is 1.76. The molecule has 1 aliphatic carbocycles. The zero-order valence-corrected chi connectivity index (χ0v) is 15.2. The quantitative estimate of drug-likeness (QED) is 0.444. The van der Waals surface area contributed by atoms with Crippen molar-refractivity contribution < 1.29 is 9.53 Å². The van der Waals surface area contributed by atoms with E-state index in [0.717, 1.165) is 32.1 Å². The van der Waals surface area contributed by atoms with Crippen molar-refractivity contribution in [2.75, 3.05) is 33.4 Å². The third-order valence-corrected chi connectivity index (χ3v) is 4.78. The van der Waals surface area contributed by atoms with Gasteiger partial charge in [-0.25, -0.2) is 0 Å². The van der Waals surface area contributed by atoms with Gasteiger partial charge in [0.25, 0.3) is 0 Å². The number of nitrogens with one attached hydrogen (secondary N) is 2. The molecule has 4 N–H and O–H groups in total. The Morgan fingerprint density at radius 3 is 2.48 bits per heavy atom. The first-order valence-corrected chi connectivity index (χ1v) is 8.66. The number of hydrogen-bond acceptors (Lipinski definition) is 3. The smallest absolute Gasteiger partial charge is 0.224 e. The minimum Gasteiger partial charge on any atom is -0.385 e. The van der Waals surface area contributed by atoms with Crippen molar-refractivity contribution in [1.29, 1.82) is 0 Å². The third-order valence-electron chi connectivity index (χ3n) is 4.78. The molecule has 6 heteroatoms. The van der Waals surface area contributed by atoms with Crippen LogP contribution in [0.3, 0.4) is 0 Å². The highest BCUT2D eigenvalue weighted by atomic mass is 16.5. The molecule has 23 heavy (non-hydrogen) atoms. The number of nitrogens with two attached hydrogens (primary N) is 1. The summed E-state index contributed by atoms with van der Waals surface area (Å²) in [6.45, 7) is 8.52. The van der Waals surface area contributed by atoms with Crippen LogP contribution in [-0.4, -0.2) is 45.2 Å². The van der Waals surface area contributed by atoms with Crippen LogP contribution in [-0.2, 0) is 9.53 Å². The molecule has 0 aliphatic heterocycles. The van der Waals surface area contributed by atoms with Gasteiger partial charge in [-0.3, -0.25) is 9.79 Å². The Morgan fingerprint density at radius 2 is 1.96 bits per heavy atom. The fraction of sp³-hybridized carbons (Fsp3) is 0.882. The Bertz CT molecular complexity index is 401. The van der Waals surface area contributed by atoms with E-state index >= 15 is 0 Å². The molecule has 0 aromatic rings. The van der Waals surface area contributed by atoms with Crippen LogP contribution >= 0.6 is 0 Å². The number of nitrogens with zero attached hydrogens (tertiary/aromatic N) is 1. The Kier molecular flexibility index (Phi) is 7.82. The lowest BCUT2D eigenvalue weighted by Gasteiger charge is -2.30. The lowest BCUT2D eigenvalue weighted by atomic mass is 9.83. The van der Waals surface area contributed by atoms with E-state index in [1.807, 2.05) is 20.8 Å².